The van der Waals surface area contributed by atoms with Gasteiger partial charge in [-0.3, -0.25) is 4.55 Å². The smallest absolute Gasteiger partial charge is 1.00 e. The van der Waals surface area contributed by atoms with Crippen LogP contribution in [0.4, 0.5) is 0 Å². The van der Waals surface area contributed by atoms with Crippen molar-refractivity contribution in [3.05, 3.63) is 24.3 Å². The van der Waals surface area contributed by atoms with Crippen LogP contribution in [0.15, 0.2) is 34.1 Å². The van der Waals surface area contributed by atoms with Crippen molar-refractivity contribution in [3.8, 4) is 0 Å². The molecule has 0 fully saturated rings. The Hall–Kier alpha value is 0.480. The van der Waals surface area contributed by atoms with Gasteiger partial charge in [0.2, 0.25) is 0 Å². The monoisotopic (exact) mass is 214 g/mol. The van der Waals surface area contributed by atoms with E-state index in [0.717, 1.165) is 0 Å². The Bertz CT molecular complexity index is 366. The molecule has 3 nitrogen and oxygen atoms in total. The molecule has 0 aliphatic heterocycles. The standard InChI is InChI=1S/C6H6O3S2.Na.H/c7-11(8,9)6-3-1-2-5(10)4-6;;/h1-4,10H,(H,7,8,9);;/q;+1;-1. The molecule has 0 bridgehead atoms. The van der Waals surface area contributed by atoms with E-state index in [4.69, 9.17) is 4.55 Å². The van der Waals surface area contributed by atoms with Gasteiger partial charge in [-0.05, 0) is 18.2 Å². The molecule has 6 heteroatoms. The fourth-order valence-electron chi connectivity index (χ4n) is 0.644. The summed E-state index contributed by atoms with van der Waals surface area (Å²) in [5.74, 6) is 0. The van der Waals surface area contributed by atoms with E-state index in [9.17, 15) is 8.42 Å². The Labute approximate surface area is 100 Å². The second-order valence-corrected chi connectivity index (χ2v) is 3.91. The fourth-order valence-corrected chi connectivity index (χ4v) is 1.48. The maximum atomic E-state index is 10.5. The van der Waals surface area contributed by atoms with Crippen LogP contribution in [0, 0.1) is 0 Å². The molecule has 0 aliphatic carbocycles. The van der Waals surface area contributed by atoms with Crippen LogP contribution < -0.4 is 29.6 Å². The maximum Gasteiger partial charge on any atom is 1.00 e. The van der Waals surface area contributed by atoms with E-state index in [1.807, 2.05) is 0 Å². The molecule has 1 N–H and O–H groups in total. The first-order chi connectivity index (χ1) is 5.00. The molecule has 0 spiro atoms. The molecule has 0 atom stereocenters. The molecule has 0 saturated carbocycles. The zero-order valence-electron chi connectivity index (χ0n) is 7.43. The predicted molar refractivity (Wildman–Crippen MR) is 44.6 cm³/mol. The van der Waals surface area contributed by atoms with Crippen molar-refractivity contribution >= 4 is 22.7 Å². The Morgan fingerprint density at radius 3 is 2.33 bits per heavy atom. The van der Waals surface area contributed by atoms with Gasteiger partial charge < -0.3 is 1.43 Å². The third-order valence-electron chi connectivity index (χ3n) is 1.12. The molecule has 62 valence electrons. The molecule has 0 heterocycles. The van der Waals surface area contributed by atoms with Gasteiger partial charge in [-0.15, -0.1) is 12.6 Å². The summed E-state index contributed by atoms with van der Waals surface area (Å²) in [5, 5.41) is 0. The Morgan fingerprint density at radius 1 is 1.42 bits per heavy atom. The molecule has 0 radical (unpaired) electrons. The molecule has 0 aromatic heterocycles. The van der Waals surface area contributed by atoms with Gasteiger partial charge in [-0.2, -0.15) is 8.42 Å². The summed E-state index contributed by atoms with van der Waals surface area (Å²) in [6, 6.07) is 5.71. The van der Waals surface area contributed by atoms with E-state index < -0.39 is 10.1 Å². The Kier molecular flexibility index (Phi) is 4.83. The van der Waals surface area contributed by atoms with Gasteiger partial charge in [0.05, 0.1) is 4.90 Å². The largest absolute Gasteiger partial charge is 1.00 e. The zero-order valence-corrected chi connectivity index (χ0v) is 10.1. The van der Waals surface area contributed by atoms with E-state index in [1.165, 1.54) is 18.2 Å². The third-order valence-corrected chi connectivity index (χ3v) is 2.24. The minimum absolute atomic E-state index is 0. The van der Waals surface area contributed by atoms with Gasteiger partial charge >= 0.3 is 29.6 Å². The first-order valence-corrected chi connectivity index (χ1v) is 4.65. The molecule has 0 aliphatic rings. The van der Waals surface area contributed by atoms with E-state index in [-0.39, 0.29) is 35.9 Å². The first kappa shape index (κ1) is 12.5. The van der Waals surface area contributed by atoms with Crippen LogP contribution in [0.1, 0.15) is 1.43 Å². The van der Waals surface area contributed by atoms with Crippen molar-refractivity contribution in [2.75, 3.05) is 0 Å². The number of thiol groups is 1. The average molecular weight is 214 g/mol. The van der Waals surface area contributed by atoms with Crippen LogP contribution in [-0.4, -0.2) is 13.0 Å². The number of rotatable bonds is 1. The summed E-state index contributed by atoms with van der Waals surface area (Å²) in [5.41, 5.74) is 0. The van der Waals surface area contributed by atoms with Crippen molar-refractivity contribution in [2.45, 2.75) is 9.79 Å². The summed E-state index contributed by atoms with van der Waals surface area (Å²) in [6.45, 7) is 0. The molecule has 12 heavy (non-hydrogen) atoms. The number of benzene rings is 1. The van der Waals surface area contributed by atoms with Crippen LogP contribution in [0.3, 0.4) is 0 Å². The topological polar surface area (TPSA) is 54.4 Å². The fraction of sp³-hybridized carbons (Fsp3) is 0. The SMILES string of the molecule is O=S(=O)(O)c1cccc(S)c1.[H-].[Na+]. The normalized spacial score (nSPS) is 10.5. The van der Waals surface area contributed by atoms with Crippen LogP contribution in [-0.2, 0) is 10.1 Å². The van der Waals surface area contributed by atoms with Crippen molar-refractivity contribution in [1.29, 1.82) is 0 Å². The molecule has 0 amide bonds. The van der Waals surface area contributed by atoms with Crippen LogP contribution >= 0.6 is 12.6 Å². The molecular weight excluding hydrogens is 207 g/mol. The summed E-state index contributed by atoms with van der Waals surface area (Å²) in [6.07, 6.45) is 0. The van der Waals surface area contributed by atoms with Gasteiger partial charge in [0.1, 0.15) is 0 Å². The summed E-state index contributed by atoms with van der Waals surface area (Å²) in [7, 11) is -4.07. The molecule has 1 rings (SSSR count). The molecule has 1 aromatic carbocycles. The number of hydrogen-bond donors (Lipinski definition) is 2. The Balaban J connectivity index is 0. The second-order valence-electron chi connectivity index (χ2n) is 1.97. The number of hydrogen-bond acceptors (Lipinski definition) is 3. The van der Waals surface area contributed by atoms with Gasteiger partial charge in [-0.25, -0.2) is 0 Å². The first-order valence-electron chi connectivity index (χ1n) is 2.77. The zero-order chi connectivity index (χ0) is 8.48. The van der Waals surface area contributed by atoms with E-state index in [0.29, 0.717) is 4.90 Å². The van der Waals surface area contributed by atoms with Crippen LogP contribution in [0.25, 0.3) is 0 Å². The molecule has 0 unspecified atom stereocenters. The van der Waals surface area contributed by atoms with E-state index in [2.05, 4.69) is 12.6 Å². The van der Waals surface area contributed by atoms with Gasteiger partial charge in [0.15, 0.2) is 0 Å². The van der Waals surface area contributed by atoms with Gasteiger partial charge in [0.25, 0.3) is 10.1 Å². The van der Waals surface area contributed by atoms with E-state index in [1.54, 1.807) is 6.07 Å². The minimum atomic E-state index is -4.07. The van der Waals surface area contributed by atoms with Crippen molar-refractivity contribution in [2.24, 2.45) is 0 Å². The molecular formula is C6H7NaO3S2. The maximum absolute atomic E-state index is 10.5. The van der Waals surface area contributed by atoms with Crippen molar-refractivity contribution < 1.29 is 44.0 Å². The molecule has 1 aromatic rings. The van der Waals surface area contributed by atoms with Crippen LogP contribution in [0.2, 0.25) is 0 Å². The second kappa shape index (κ2) is 4.64. The Morgan fingerprint density at radius 2 is 2.00 bits per heavy atom. The summed E-state index contributed by atoms with van der Waals surface area (Å²) >= 11 is 3.91. The average Bonchev–Trinajstić information content (AvgIpc) is 1.86. The van der Waals surface area contributed by atoms with Crippen molar-refractivity contribution in [3.63, 3.8) is 0 Å². The van der Waals surface area contributed by atoms with Crippen molar-refractivity contribution in [1.82, 2.24) is 0 Å². The van der Waals surface area contributed by atoms with E-state index >= 15 is 0 Å². The predicted octanol–water partition coefficient (Wildman–Crippen LogP) is -1.66. The van der Waals surface area contributed by atoms with Crippen LogP contribution in [0.5, 0.6) is 0 Å². The van der Waals surface area contributed by atoms with Gasteiger partial charge in [0, 0.05) is 4.90 Å². The molecule has 0 saturated heterocycles. The minimum Gasteiger partial charge on any atom is -1.00 e. The third kappa shape index (κ3) is 3.47. The summed E-state index contributed by atoms with van der Waals surface area (Å²) < 4.78 is 29.6. The quantitative estimate of drug-likeness (QED) is 0.334. The van der Waals surface area contributed by atoms with Gasteiger partial charge in [-0.1, -0.05) is 6.07 Å². The summed E-state index contributed by atoms with van der Waals surface area (Å²) in [4.78, 5) is 0.366.